The van der Waals surface area contributed by atoms with Gasteiger partial charge in [-0.15, -0.1) is 11.8 Å². The number of thioether (sulfide) groups is 1. The van der Waals surface area contributed by atoms with E-state index in [1.165, 1.54) is 23.9 Å². The van der Waals surface area contributed by atoms with Gasteiger partial charge in [0.05, 0.1) is 22.4 Å². The molecular weight excluding hydrogens is 511 g/mol. The van der Waals surface area contributed by atoms with Gasteiger partial charge in [0.15, 0.2) is 0 Å². The van der Waals surface area contributed by atoms with Crippen LogP contribution in [-0.2, 0) is 9.59 Å². The molecule has 5 rings (SSSR count). The number of hydrogen-bond donors (Lipinski definition) is 1. The minimum atomic E-state index is -0.322. The van der Waals surface area contributed by atoms with E-state index >= 15 is 0 Å². The number of carbonyl (C=O) groups excluding carboxylic acids is 2. The Morgan fingerprint density at radius 3 is 2.51 bits per heavy atom. The van der Waals surface area contributed by atoms with E-state index in [9.17, 15) is 14.0 Å². The molecule has 39 heavy (non-hydrogen) atoms. The highest BCUT2D eigenvalue weighted by atomic mass is 32.2. The van der Waals surface area contributed by atoms with Gasteiger partial charge >= 0.3 is 0 Å². The topological polar surface area (TPSA) is 67.2 Å². The van der Waals surface area contributed by atoms with Crippen molar-refractivity contribution >= 4 is 29.4 Å². The van der Waals surface area contributed by atoms with E-state index in [0.29, 0.717) is 12.4 Å². The minimum Gasteiger partial charge on any atom is -0.355 e. The Bertz CT molecular complexity index is 1500. The standard InChI is InChI=1S/C31H31FN4O2S/c1-4-16-33-26(37)18-35-27(38)19-39-30(23-11-13-24(32)14-12-23)28-29(22-8-6-5-7-9-22)34-36(31(28)35)25-15-10-20(2)17-21(25)3/h5-15,17,30H,4,16,18-19H2,1-3H3,(H,33,37)/t30-/m0/s1. The number of anilines is 1. The van der Waals surface area contributed by atoms with Crippen molar-refractivity contribution in [1.82, 2.24) is 15.1 Å². The van der Waals surface area contributed by atoms with E-state index < -0.39 is 0 Å². The number of carbonyl (C=O) groups is 2. The fourth-order valence-corrected chi connectivity index (χ4v) is 6.10. The molecule has 0 saturated heterocycles. The second-order valence-electron chi connectivity index (χ2n) is 9.73. The lowest BCUT2D eigenvalue weighted by molar-refractivity contribution is -0.122. The largest absolute Gasteiger partial charge is 0.355 e. The molecule has 1 N–H and O–H groups in total. The highest BCUT2D eigenvalue weighted by Crippen LogP contribution is 2.48. The molecule has 1 aromatic heterocycles. The van der Waals surface area contributed by atoms with E-state index in [1.807, 2.05) is 63.2 Å². The number of hydrogen-bond acceptors (Lipinski definition) is 4. The number of amides is 2. The fourth-order valence-electron chi connectivity index (χ4n) is 4.90. The van der Waals surface area contributed by atoms with Gasteiger partial charge in [0.1, 0.15) is 18.2 Å². The monoisotopic (exact) mass is 542 g/mol. The average Bonchev–Trinajstić information content (AvgIpc) is 3.25. The Labute approximate surface area is 232 Å². The molecule has 1 aliphatic heterocycles. The summed E-state index contributed by atoms with van der Waals surface area (Å²) >= 11 is 1.47. The molecule has 8 heteroatoms. The molecule has 200 valence electrons. The van der Waals surface area contributed by atoms with Crippen LogP contribution in [-0.4, -0.2) is 40.4 Å². The Balaban J connectivity index is 1.80. The third-order valence-electron chi connectivity index (χ3n) is 6.76. The van der Waals surface area contributed by atoms with Crippen LogP contribution in [0.15, 0.2) is 72.8 Å². The molecule has 2 heterocycles. The maximum Gasteiger partial charge on any atom is 0.240 e. The summed E-state index contributed by atoms with van der Waals surface area (Å²) in [5.74, 6) is 0.00630. The van der Waals surface area contributed by atoms with Gasteiger partial charge in [-0.2, -0.15) is 5.10 Å². The number of nitrogens with zero attached hydrogens (tertiary/aromatic N) is 3. The second kappa shape index (κ2) is 11.5. The maximum absolute atomic E-state index is 13.9. The smallest absolute Gasteiger partial charge is 0.240 e. The van der Waals surface area contributed by atoms with Crippen molar-refractivity contribution < 1.29 is 14.0 Å². The van der Waals surface area contributed by atoms with Crippen LogP contribution >= 0.6 is 11.8 Å². The summed E-state index contributed by atoms with van der Waals surface area (Å²) in [5.41, 5.74) is 6.26. The van der Waals surface area contributed by atoms with Gasteiger partial charge in [0.2, 0.25) is 11.8 Å². The molecule has 1 aliphatic rings. The van der Waals surface area contributed by atoms with Gasteiger partial charge < -0.3 is 5.32 Å². The van der Waals surface area contributed by atoms with Gasteiger partial charge in [0, 0.05) is 17.7 Å². The second-order valence-corrected chi connectivity index (χ2v) is 10.8. The predicted molar refractivity (Wildman–Crippen MR) is 155 cm³/mol. The number of nitrogens with one attached hydrogen (secondary N) is 1. The van der Waals surface area contributed by atoms with E-state index in [4.69, 9.17) is 5.10 Å². The molecule has 3 aromatic carbocycles. The normalized spacial score (nSPS) is 15.1. The van der Waals surface area contributed by atoms with Crippen LogP contribution < -0.4 is 10.2 Å². The van der Waals surface area contributed by atoms with E-state index in [-0.39, 0.29) is 35.2 Å². The van der Waals surface area contributed by atoms with Crippen molar-refractivity contribution in [2.45, 2.75) is 32.4 Å². The Morgan fingerprint density at radius 2 is 1.82 bits per heavy atom. The van der Waals surface area contributed by atoms with Crippen molar-refractivity contribution in [3.8, 4) is 16.9 Å². The predicted octanol–water partition coefficient (Wildman–Crippen LogP) is 5.99. The molecule has 2 amide bonds. The van der Waals surface area contributed by atoms with Gasteiger partial charge in [-0.1, -0.05) is 67.1 Å². The number of fused-ring (bicyclic) bond motifs is 1. The maximum atomic E-state index is 13.9. The van der Waals surface area contributed by atoms with E-state index in [0.717, 1.165) is 45.6 Å². The van der Waals surface area contributed by atoms with Crippen LogP contribution in [0.1, 0.15) is 40.8 Å². The molecular formula is C31H31FN4O2S. The van der Waals surface area contributed by atoms with Gasteiger partial charge in [-0.25, -0.2) is 9.07 Å². The first-order chi connectivity index (χ1) is 18.9. The zero-order valence-corrected chi connectivity index (χ0v) is 23.1. The first-order valence-electron chi connectivity index (χ1n) is 13.1. The Hall–Kier alpha value is -3.91. The van der Waals surface area contributed by atoms with Crippen LogP contribution in [0.3, 0.4) is 0 Å². The third kappa shape index (κ3) is 5.47. The summed E-state index contributed by atoms with van der Waals surface area (Å²) in [6.07, 6.45) is 0.798. The van der Waals surface area contributed by atoms with Crippen LogP contribution in [0.5, 0.6) is 0 Å². The first-order valence-corrected chi connectivity index (χ1v) is 14.1. The highest BCUT2D eigenvalue weighted by molar-refractivity contribution is 8.00. The van der Waals surface area contributed by atoms with E-state index in [2.05, 4.69) is 11.4 Å². The van der Waals surface area contributed by atoms with Crippen LogP contribution in [0.25, 0.3) is 16.9 Å². The zero-order chi connectivity index (χ0) is 27.5. The first kappa shape index (κ1) is 26.7. The van der Waals surface area contributed by atoms with E-state index in [1.54, 1.807) is 21.7 Å². The summed E-state index contributed by atoms with van der Waals surface area (Å²) in [6.45, 7) is 6.45. The van der Waals surface area contributed by atoms with Crippen LogP contribution in [0.2, 0.25) is 0 Å². The Morgan fingerprint density at radius 1 is 1.08 bits per heavy atom. The molecule has 0 bridgehead atoms. The summed E-state index contributed by atoms with van der Waals surface area (Å²) in [4.78, 5) is 28.3. The van der Waals surface area contributed by atoms with Crippen molar-refractivity contribution in [2.24, 2.45) is 0 Å². The van der Waals surface area contributed by atoms with Gasteiger partial charge in [-0.3, -0.25) is 14.5 Å². The van der Waals surface area contributed by atoms with Crippen molar-refractivity contribution in [2.75, 3.05) is 23.7 Å². The number of rotatable bonds is 7. The quantitative estimate of drug-likeness (QED) is 0.312. The molecule has 0 radical (unpaired) electrons. The molecule has 6 nitrogen and oxygen atoms in total. The third-order valence-corrected chi connectivity index (χ3v) is 8.02. The summed E-state index contributed by atoms with van der Waals surface area (Å²) in [7, 11) is 0. The fraction of sp³-hybridized carbons (Fsp3) is 0.258. The average molecular weight is 543 g/mol. The number of halogens is 1. The lowest BCUT2D eigenvalue weighted by atomic mass is 9.99. The molecule has 0 spiro atoms. The molecule has 0 fully saturated rings. The number of aromatic nitrogens is 2. The Kier molecular flexibility index (Phi) is 7.84. The molecule has 4 aromatic rings. The van der Waals surface area contributed by atoms with Crippen molar-refractivity contribution in [3.05, 3.63) is 101 Å². The summed E-state index contributed by atoms with van der Waals surface area (Å²) < 4.78 is 15.7. The molecule has 0 unspecified atom stereocenters. The van der Waals surface area contributed by atoms with Crippen molar-refractivity contribution in [3.63, 3.8) is 0 Å². The van der Waals surface area contributed by atoms with Crippen LogP contribution in [0.4, 0.5) is 10.2 Å². The SMILES string of the molecule is CCCNC(=O)CN1C(=O)CS[C@@H](c2ccc(F)cc2)c2c(-c3ccccc3)nn(-c3ccc(C)cc3C)c21. The zero-order valence-electron chi connectivity index (χ0n) is 22.3. The lowest BCUT2D eigenvalue weighted by Gasteiger charge is -2.24. The molecule has 0 saturated carbocycles. The minimum absolute atomic E-state index is 0.118. The highest BCUT2D eigenvalue weighted by Gasteiger charge is 2.37. The molecule has 1 atom stereocenters. The number of aryl methyl sites for hydroxylation is 2. The molecule has 0 aliphatic carbocycles. The van der Waals surface area contributed by atoms with Gasteiger partial charge in [-0.05, 0) is 49.6 Å². The van der Waals surface area contributed by atoms with Gasteiger partial charge in [0.25, 0.3) is 0 Å². The summed E-state index contributed by atoms with van der Waals surface area (Å²) in [5, 5.41) is 7.72. The van der Waals surface area contributed by atoms with Crippen molar-refractivity contribution in [1.29, 1.82) is 0 Å². The summed E-state index contributed by atoms with van der Waals surface area (Å²) in [6, 6.07) is 22.3. The lowest BCUT2D eigenvalue weighted by Crippen LogP contribution is -2.42. The van der Waals surface area contributed by atoms with Crippen LogP contribution in [0, 0.1) is 19.7 Å². The number of benzene rings is 3.